The molecule has 1 aromatic carbocycles. The van der Waals surface area contributed by atoms with Crippen LogP contribution in [-0.4, -0.2) is 6.54 Å². The van der Waals surface area contributed by atoms with Crippen LogP contribution in [0.2, 0.25) is 5.02 Å². The molecule has 1 N–H and O–H groups in total. The first-order chi connectivity index (χ1) is 10.2. The van der Waals surface area contributed by atoms with Gasteiger partial charge < -0.3 is 5.32 Å². The van der Waals surface area contributed by atoms with E-state index in [9.17, 15) is 0 Å². The van der Waals surface area contributed by atoms with Gasteiger partial charge in [0, 0.05) is 11.1 Å². The Bertz CT molecular complexity index is 410. The van der Waals surface area contributed by atoms with Crippen LogP contribution in [0.4, 0.5) is 0 Å². The Balaban J connectivity index is 2.03. The molecule has 21 heavy (non-hydrogen) atoms. The third kappa shape index (κ3) is 5.00. The zero-order chi connectivity index (χ0) is 15.1. The van der Waals surface area contributed by atoms with E-state index in [0.29, 0.717) is 6.04 Å². The smallest absolute Gasteiger partial charge is 0.0409 e. The summed E-state index contributed by atoms with van der Waals surface area (Å²) in [5, 5.41) is 4.63. The minimum atomic E-state index is 0.478. The van der Waals surface area contributed by atoms with Crippen molar-refractivity contribution >= 4 is 11.6 Å². The van der Waals surface area contributed by atoms with E-state index in [1.807, 2.05) is 6.07 Å². The van der Waals surface area contributed by atoms with Gasteiger partial charge in [-0.05, 0) is 55.3 Å². The summed E-state index contributed by atoms with van der Waals surface area (Å²) in [5.74, 6) is 1.74. The van der Waals surface area contributed by atoms with E-state index in [1.165, 1.54) is 50.5 Å². The quantitative estimate of drug-likeness (QED) is 0.652. The van der Waals surface area contributed by atoms with Crippen LogP contribution in [0, 0.1) is 11.8 Å². The molecule has 0 bridgehead atoms. The van der Waals surface area contributed by atoms with Gasteiger partial charge in [-0.1, -0.05) is 63.3 Å². The van der Waals surface area contributed by atoms with Gasteiger partial charge in [0.2, 0.25) is 0 Å². The molecule has 1 fully saturated rings. The van der Waals surface area contributed by atoms with Gasteiger partial charge in [0.1, 0.15) is 0 Å². The number of benzene rings is 1. The van der Waals surface area contributed by atoms with Crippen molar-refractivity contribution < 1.29 is 0 Å². The highest BCUT2D eigenvalue weighted by molar-refractivity contribution is 6.30. The van der Waals surface area contributed by atoms with Crippen LogP contribution in [-0.2, 0) is 0 Å². The lowest BCUT2D eigenvalue weighted by atomic mass is 9.75. The molecule has 1 unspecified atom stereocenters. The Morgan fingerprint density at radius 3 is 2.52 bits per heavy atom. The number of hydrogen-bond acceptors (Lipinski definition) is 1. The van der Waals surface area contributed by atoms with E-state index in [4.69, 9.17) is 11.6 Å². The average Bonchev–Trinajstić information content (AvgIpc) is 2.50. The molecule has 0 radical (unpaired) electrons. The molecule has 0 heterocycles. The Morgan fingerprint density at radius 2 is 1.90 bits per heavy atom. The predicted octanol–water partition coefficient (Wildman–Crippen LogP) is 5.99. The first-order valence-electron chi connectivity index (χ1n) is 8.73. The van der Waals surface area contributed by atoms with Gasteiger partial charge >= 0.3 is 0 Å². The van der Waals surface area contributed by atoms with E-state index < -0.39 is 0 Å². The van der Waals surface area contributed by atoms with E-state index in [1.54, 1.807) is 0 Å². The molecule has 1 aliphatic carbocycles. The molecule has 2 heteroatoms. The molecule has 1 saturated carbocycles. The van der Waals surface area contributed by atoms with Gasteiger partial charge in [-0.15, -0.1) is 0 Å². The lowest BCUT2D eigenvalue weighted by Gasteiger charge is -2.35. The maximum Gasteiger partial charge on any atom is 0.0409 e. The Hall–Kier alpha value is -0.530. The molecule has 2 rings (SSSR count). The second kappa shape index (κ2) is 8.80. The molecule has 0 saturated heterocycles. The van der Waals surface area contributed by atoms with Gasteiger partial charge in [0.25, 0.3) is 0 Å². The van der Waals surface area contributed by atoms with Crippen LogP contribution in [0.15, 0.2) is 24.3 Å². The van der Waals surface area contributed by atoms with Crippen molar-refractivity contribution in [3.8, 4) is 0 Å². The minimum absolute atomic E-state index is 0.478. The molecular formula is C19H30ClN. The zero-order valence-electron chi connectivity index (χ0n) is 13.6. The van der Waals surface area contributed by atoms with Crippen molar-refractivity contribution in [1.29, 1.82) is 0 Å². The third-order valence-corrected chi connectivity index (χ3v) is 5.12. The number of halogens is 1. The predicted molar refractivity (Wildman–Crippen MR) is 92.8 cm³/mol. The fourth-order valence-electron chi connectivity index (χ4n) is 3.78. The van der Waals surface area contributed by atoms with E-state index in [-0.39, 0.29) is 0 Å². The maximum atomic E-state index is 6.20. The lowest BCUT2D eigenvalue weighted by molar-refractivity contribution is 0.214. The summed E-state index contributed by atoms with van der Waals surface area (Å²) in [5.41, 5.74) is 1.37. The van der Waals surface area contributed by atoms with Crippen LogP contribution in [0.5, 0.6) is 0 Å². The number of nitrogens with one attached hydrogen (secondary N) is 1. The Morgan fingerprint density at radius 1 is 1.14 bits per heavy atom. The Labute approximate surface area is 135 Å². The fourth-order valence-corrected chi connectivity index (χ4v) is 3.97. The van der Waals surface area contributed by atoms with Crippen molar-refractivity contribution in [2.45, 2.75) is 64.8 Å². The molecular weight excluding hydrogens is 278 g/mol. The van der Waals surface area contributed by atoms with E-state index in [2.05, 4.69) is 37.4 Å². The highest BCUT2D eigenvalue weighted by atomic mass is 35.5. The topological polar surface area (TPSA) is 12.0 Å². The monoisotopic (exact) mass is 307 g/mol. The molecule has 0 aromatic heterocycles. The highest BCUT2D eigenvalue weighted by Gasteiger charge is 2.28. The van der Waals surface area contributed by atoms with E-state index >= 15 is 0 Å². The zero-order valence-corrected chi connectivity index (χ0v) is 14.3. The SMILES string of the molecule is CCCNC(c1cccc(Cl)c1)C1CCC(CCC)CC1. The first-order valence-corrected chi connectivity index (χ1v) is 9.11. The molecule has 1 aliphatic rings. The molecule has 1 atom stereocenters. The van der Waals surface area contributed by atoms with Crippen LogP contribution >= 0.6 is 11.6 Å². The summed E-state index contributed by atoms with van der Waals surface area (Å²) < 4.78 is 0. The fraction of sp³-hybridized carbons (Fsp3) is 0.684. The van der Waals surface area contributed by atoms with Crippen molar-refractivity contribution in [3.05, 3.63) is 34.9 Å². The normalized spacial score (nSPS) is 24.0. The summed E-state index contributed by atoms with van der Waals surface area (Å²) in [4.78, 5) is 0. The second-order valence-corrected chi connectivity index (χ2v) is 6.99. The molecule has 118 valence electrons. The van der Waals surface area contributed by atoms with Crippen molar-refractivity contribution in [2.75, 3.05) is 6.54 Å². The third-order valence-electron chi connectivity index (χ3n) is 4.88. The molecule has 0 spiro atoms. The van der Waals surface area contributed by atoms with E-state index in [0.717, 1.165) is 23.4 Å². The molecule has 1 aromatic rings. The van der Waals surface area contributed by atoms with Crippen LogP contribution in [0.25, 0.3) is 0 Å². The van der Waals surface area contributed by atoms with Gasteiger partial charge in [-0.25, -0.2) is 0 Å². The van der Waals surface area contributed by atoms with Crippen LogP contribution in [0.3, 0.4) is 0 Å². The highest BCUT2D eigenvalue weighted by Crippen LogP contribution is 2.38. The maximum absolute atomic E-state index is 6.20. The number of rotatable bonds is 7. The van der Waals surface area contributed by atoms with Crippen molar-refractivity contribution in [3.63, 3.8) is 0 Å². The van der Waals surface area contributed by atoms with Crippen LogP contribution in [0.1, 0.15) is 70.4 Å². The van der Waals surface area contributed by atoms with Crippen LogP contribution < -0.4 is 5.32 Å². The lowest BCUT2D eigenvalue weighted by Crippen LogP contribution is -2.31. The summed E-state index contributed by atoms with van der Waals surface area (Å²) in [6, 6.07) is 8.91. The summed E-state index contributed by atoms with van der Waals surface area (Å²) >= 11 is 6.20. The molecule has 1 nitrogen and oxygen atoms in total. The number of hydrogen-bond donors (Lipinski definition) is 1. The van der Waals surface area contributed by atoms with Gasteiger partial charge in [0.05, 0.1) is 0 Å². The average molecular weight is 308 g/mol. The minimum Gasteiger partial charge on any atom is -0.310 e. The van der Waals surface area contributed by atoms with Gasteiger partial charge in [-0.2, -0.15) is 0 Å². The second-order valence-electron chi connectivity index (χ2n) is 6.56. The summed E-state index contributed by atoms with van der Waals surface area (Å²) in [7, 11) is 0. The van der Waals surface area contributed by atoms with Crippen molar-refractivity contribution in [2.24, 2.45) is 11.8 Å². The Kier molecular flexibility index (Phi) is 7.06. The molecule has 0 aliphatic heterocycles. The van der Waals surface area contributed by atoms with Gasteiger partial charge in [0.15, 0.2) is 0 Å². The largest absolute Gasteiger partial charge is 0.310 e. The summed E-state index contributed by atoms with van der Waals surface area (Å²) in [6.07, 6.45) is 9.46. The first kappa shape index (κ1) is 16.8. The van der Waals surface area contributed by atoms with Gasteiger partial charge in [-0.3, -0.25) is 0 Å². The van der Waals surface area contributed by atoms with Crippen molar-refractivity contribution in [1.82, 2.24) is 5.32 Å². The summed E-state index contributed by atoms with van der Waals surface area (Å²) in [6.45, 7) is 5.63. The standard InChI is InChI=1S/C19H30ClN/c1-3-6-15-9-11-16(12-10-15)19(21-13-4-2)17-7-5-8-18(20)14-17/h5,7-8,14-16,19,21H,3-4,6,9-13H2,1-2H3. The molecule has 0 amide bonds.